The van der Waals surface area contributed by atoms with Crippen molar-refractivity contribution in [3.05, 3.63) is 41.7 Å². The minimum absolute atomic E-state index is 0.0776. The highest BCUT2D eigenvalue weighted by molar-refractivity contribution is 7.84. The molecule has 0 aliphatic carbocycles. The summed E-state index contributed by atoms with van der Waals surface area (Å²) in [7, 11) is -1.59. The summed E-state index contributed by atoms with van der Waals surface area (Å²) in [5.41, 5.74) is 2.23. The lowest BCUT2D eigenvalue weighted by Crippen LogP contribution is -2.25. The molecule has 0 saturated carbocycles. The third kappa shape index (κ3) is 3.41. The van der Waals surface area contributed by atoms with Crippen LogP contribution in [0.3, 0.4) is 0 Å². The van der Waals surface area contributed by atoms with Gasteiger partial charge in [-0.3, -0.25) is 4.21 Å². The summed E-state index contributed by atoms with van der Waals surface area (Å²) >= 11 is 0. The van der Waals surface area contributed by atoms with Gasteiger partial charge in [0, 0.05) is 30.9 Å². The molecule has 1 unspecified atom stereocenters. The van der Waals surface area contributed by atoms with E-state index in [1.807, 2.05) is 0 Å². The monoisotopic (exact) mass is 423 g/mol. The largest absolute Gasteiger partial charge is 0.586 e. The number of nitrogens with one attached hydrogen (secondary N) is 1. The Hall–Kier alpha value is -2.75. The van der Waals surface area contributed by atoms with Crippen LogP contribution in [0.1, 0.15) is 18.4 Å². The summed E-state index contributed by atoms with van der Waals surface area (Å²) in [5, 5.41) is 0.173. The van der Waals surface area contributed by atoms with Gasteiger partial charge < -0.3 is 19.4 Å². The Bertz CT molecular complexity index is 1080. The predicted octanol–water partition coefficient (Wildman–Crippen LogP) is 3.93. The molecular weight excluding hydrogens is 407 g/mol. The molecule has 0 radical (unpaired) electrons. The second-order valence-electron chi connectivity index (χ2n) is 6.98. The first kappa shape index (κ1) is 18.3. The molecular formula is C19H16F3N3O3S. The van der Waals surface area contributed by atoms with Gasteiger partial charge in [0.05, 0.1) is 27.6 Å². The average molecular weight is 423 g/mol. The lowest BCUT2D eigenvalue weighted by atomic mass is 10.2. The molecule has 6 nitrogen and oxygen atoms in total. The number of rotatable bonds is 4. The molecule has 1 N–H and O–H groups in total. The lowest BCUT2D eigenvalue weighted by molar-refractivity contribution is -0.286. The van der Waals surface area contributed by atoms with E-state index in [-0.39, 0.29) is 22.4 Å². The van der Waals surface area contributed by atoms with Crippen LogP contribution in [-0.2, 0) is 16.6 Å². The van der Waals surface area contributed by atoms with E-state index in [0.29, 0.717) is 16.6 Å². The standard InChI is InChI=1S/C19H16F3N3O3S/c20-12-3-4-15(25-5-1-2-6-25)11(7-12)10-29(26)18-23-13-8-16-17(9-14(13)24-18)28-19(21,22)27-16/h3-4,7-9H,1-2,5-6,10H2,(H,23,24). The summed E-state index contributed by atoms with van der Waals surface area (Å²) < 4.78 is 62.0. The Labute approximate surface area is 166 Å². The van der Waals surface area contributed by atoms with Crippen molar-refractivity contribution < 1.29 is 26.9 Å². The van der Waals surface area contributed by atoms with E-state index in [4.69, 9.17) is 0 Å². The first-order valence-corrected chi connectivity index (χ1v) is 10.4. The number of fused-ring (bicyclic) bond motifs is 2. The fourth-order valence-electron chi connectivity index (χ4n) is 3.68. The minimum atomic E-state index is -3.71. The van der Waals surface area contributed by atoms with Gasteiger partial charge in [-0.05, 0) is 36.6 Å². The molecule has 1 saturated heterocycles. The molecule has 5 rings (SSSR count). The third-order valence-corrected chi connectivity index (χ3v) is 6.17. The van der Waals surface area contributed by atoms with E-state index in [1.54, 1.807) is 6.07 Å². The van der Waals surface area contributed by atoms with Crippen molar-refractivity contribution in [2.24, 2.45) is 0 Å². The summed E-state index contributed by atoms with van der Waals surface area (Å²) in [4.78, 5) is 9.27. The number of hydrogen-bond acceptors (Lipinski definition) is 5. The average Bonchev–Trinajstić information content (AvgIpc) is 3.36. The number of aromatic amines is 1. The van der Waals surface area contributed by atoms with Crippen LogP contribution in [0.4, 0.5) is 18.9 Å². The second kappa shape index (κ2) is 6.65. The van der Waals surface area contributed by atoms with Crippen LogP contribution in [0.2, 0.25) is 0 Å². The topological polar surface area (TPSA) is 67.5 Å². The van der Waals surface area contributed by atoms with E-state index >= 15 is 0 Å². The van der Waals surface area contributed by atoms with E-state index in [0.717, 1.165) is 31.6 Å². The van der Waals surface area contributed by atoms with Crippen molar-refractivity contribution in [3.8, 4) is 11.5 Å². The third-order valence-electron chi connectivity index (χ3n) is 4.97. The molecule has 152 valence electrons. The summed E-state index contributed by atoms with van der Waals surface area (Å²) in [6.07, 6.45) is -1.58. The molecule has 10 heteroatoms. The molecule has 2 aliphatic heterocycles. The van der Waals surface area contributed by atoms with Gasteiger partial charge in [-0.2, -0.15) is 0 Å². The number of H-pyrrole nitrogens is 1. The summed E-state index contributed by atoms with van der Waals surface area (Å²) in [6.45, 7) is 1.76. The van der Waals surface area contributed by atoms with Gasteiger partial charge >= 0.3 is 6.29 Å². The van der Waals surface area contributed by atoms with Gasteiger partial charge in [0.25, 0.3) is 0 Å². The highest BCUT2D eigenvalue weighted by atomic mass is 32.2. The van der Waals surface area contributed by atoms with Crippen LogP contribution in [0.15, 0.2) is 35.5 Å². The molecule has 0 spiro atoms. The first-order valence-electron chi connectivity index (χ1n) is 9.09. The smallest absolute Gasteiger partial charge is 0.395 e. The van der Waals surface area contributed by atoms with E-state index < -0.39 is 22.9 Å². The highest BCUT2D eigenvalue weighted by Gasteiger charge is 2.43. The van der Waals surface area contributed by atoms with Crippen molar-refractivity contribution in [1.29, 1.82) is 0 Å². The van der Waals surface area contributed by atoms with Crippen LogP contribution in [0.5, 0.6) is 11.5 Å². The number of aromatic nitrogens is 2. The number of ether oxygens (including phenoxy) is 2. The van der Waals surface area contributed by atoms with Crippen molar-refractivity contribution in [3.63, 3.8) is 0 Å². The lowest BCUT2D eigenvalue weighted by Gasteiger charge is -2.21. The number of alkyl halides is 2. The maximum Gasteiger partial charge on any atom is 0.586 e. The van der Waals surface area contributed by atoms with Gasteiger partial charge in [0.1, 0.15) is 5.82 Å². The van der Waals surface area contributed by atoms with Gasteiger partial charge in [0.15, 0.2) is 16.7 Å². The Morgan fingerprint density at radius 2 is 1.86 bits per heavy atom. The molecule has 1 aromatic heterocycles. The Balaban J connectivity index is 1.43. The predicted molar refractivity (Wildman–Crippen MR) is 100 cm³/mol. The molecule has 2 aliphatic rings. The molecule has 0 amide bonds. The van der Waals surface area contributed by atoms with Crippen LogP contribution in [0, 0.1) is 5.82 Å². The zero-order valence-corrected chi connectivity index (χ0v) is 15.9. The van der Waals surface area contributed by atoms with Gasteiger partial charge in [-0.25, -0.2) is 9.37 Å². The van der Waals surface area contributed by atoms with Crippen LogP contribution >= 0.6 is 0 Å². The summed E-state index contributed by atoms with van der Waals surface area (Å²) in [5.74, 6) is -0.567. The van der Waals surface area contributed by atoms with Crippen molar-refractivity contribution in [2.75, 3.05) is 18.0 Å². The molecule has 3 heterocycles. The minimum Gasteiger partial charge on any atom is -0.395 e. The number of imidazole rings is 1. The number of benzene rings is 2. The molecule has 0 bridgehead atoms. The number of hydrogen-bond donors (Lipinski definition) is 1. The molecule has 1 atom stereocenters. The summed E-state index contributed by atoms with van der Waals surface area (Å²) in [6, 6.07) is 7.15. The SMILES string of the molecule is O=S(Cc1cc(F)ccc1N1CCCC1)c1nc2cc3c(cc2[nH]1)OC(F)(F)O3. The maximum absolute atomic E-state index is 13.8. The molecule has 3 aromatic rings. The van der Waals surface area contributed by atoms with Gasteiger partial charge in [0.2, 0.25) is 0 Å². The fraction of sp³-hybridized carbons (Fsp3) is 0.316. The highest BCUT2D eigenvalue weighted by Crippen LogP contribution is 2.42. The van der Waals surface area contributed by atoms with Crippen molar-refractivity contribution >= 4 is 27.5 Å². The molecule has 2 aromatic carbocycles. The van der Waals surface area contributed by atoms with Gasteiger partial charge in [-0.1, -0.05) is 0 Å². The van der Waals surface area contributed by atoms with Crippen LogP contribution in [-0.4, -0.2) is 33.6 Å². The Morgan fingerprint density at radius 3 is 2.62 bits per heavy atom. The van der Waals surface area contributed by atoms with Crippen molar-refractivity contribution in [2.45, 2.75) is 30.0 Å². The van der Waals surface area contributed by atoms with Gasteiger partial charge in [-0.15, -0.1) is 8.78 Å². The van der Waals surface area contributed by atoms with Crippen molar-refractivity contribution in [1.82, 2.24) is 9.97 Å². The quantitative estimate of drug-likeness (QED) is 0.689. The van der Waals surface area contributed by atoms with Crippen LogP contribution in [0.25, 0.3) is 11.0 Å². The molecule has 1 fully saturated rings. The maximum atomic E-state index is 13.8. The normalized spacial score (nSPS) is 18.5. The first-order chi connectivity index (χ1) is 13.9. The number of nitrogens with zero attached hydrogens (tertiary/aromatic N) is 2. The zero-order chi connectivity index (χ0) is 20.2. The van der Waals surface area contributed by atoms with Crippen LogP contribution < -0.4 is 14.4 Å². The number of halogens is 3. The zero-order valence-electron chi connectivity index (χ0n) is 15.1. The second-order valence-corrected chi connectivity index (χ2v) is 8.35. The molecule has 29 heavy (non-hydrogen) atoms. The Morgan fingerprint density at radius 1 is 1.14 bits per heavy atom. The van der Waals surface area contributed by atoms with E-state index in [9.17, 15) is 17.4 Å². The van der Waals surface area contributed by atoms with E-state index in [1.165, 1.54) is 24.3 Å². The number of anilines is 1. The van der Waals surface area contributed by atoms with E-state index in [2.05, 4.69) is 24.3 Å². The Kier molecular flexibility index (Phi) is 4.19. The fourth-order valence-corrected chi connectivity index (χ4v) is 4.76.